The number of carbonyl (C=O) groups is 1. The number of alkyl halides is 3. The summed E-state index contributed by atoms with van der Waals surface area (Å²) in [5, 5.41) is 2.33. The number of H-pyrrole nitrogens is 1. The number of anilines is 2. The van der Waals surface area contributed by atoms with Crippen LogP contribution in [0.25, 0.3) is 0 Å². The second-order valence-electron chi connectivity index (χ2n) is 7.19. The van der Waals surface area contributed by atoms with Gasteiger partial charge in [-0.15, -0.1) is 13.2 Å². The number of hydrogen-bond donors (Lipinski definition) is 3. The van der Waals surface area contributed by atoms with Gasteiger partial charge in [-0.25, -0.2) is 4.79 Å². The number of methoxy groups -OCH3 is 1. The number of nitrogens with one attached hydrogen (secondary N) is 2. The van der Waals surface area contributed by atoms with Crippen LogP contribution in [0.15, 0.2) is 58.1 Å². The molecule has 4 N–H and O–H groups in total. The van der Waals surface area contributed by atoms with Gasteiger partial charge in [-0.2, -0.15) is 0 Å². The first kappa shape index (κ1) is 24.4. The van der Waals surface area contributed by atoms with Gasteiger partial charge in [0.05, 0.1) is 13.5 Å². The average Bonchev–Trinajstić information content (AvgIpc) is 2.76. The molecule has 0 atom stereocenters. The number of aromatic nitrogens is 2. The quantitative estimate of drug-likeness (QED) is 0.456. The number of halogens is 3. The number of nitrogen functional groups attached to an aromatic ring is 1. The maximum Gasteiger partial charge on any atom is 0.573 e. The van der Waals surface area contributed by atoms with Crippen molar-refractivity contribution >= 4 is 17.4 Å². The predicted octanol–water partition coefficient (Wildman–Crippen LogP) is 2.45. The van der Waals surface area contributed by atoms with Crippen molar-refractivity contribution in [2.75, 3.05) is 18.2 Å². The third kappa shape index (κ3) is 6.40. The Hall–Kier alpha value is -4.22. The SMILES string of the molecule is COc1ccc(CCn2c(=O)[nH]c(N)c(NC(=O)Cc3cccc(OC(F)(F)F)c3)c2=O)cc1. The van der Waals surface area contributed by atoms with E-state index >= 15 is 0 Å². The minimum absolute atomic E-state index is 0.0144. The largest absolute Gasteiger partial charge is 0.573 e. The van der Waals surface area contributed by atoms with Gasteiger partial charge in [0, 0.05) is 6.54 Å². The van der Waals surface area contributed by atoms with Crippen LogP contribution in [-0.4, -0.2) is 28.9 Å². The fraction of sp³-hybridized carbons (Fsp3) is 0.227. The molecule has 180 valence electrons. The summed E-state index contributed by atoms with van der Waals surface area (Å²) < 4.78 is 47.0. The van der Waals surface area contributed by atoms with Crippen LogP contribution in [0.5, 0.6) is 11.5 Å². The Kier molecular flexibility index (Phi) is 7.29. The second kappa shape index (κ2) is 10.1. The summed E-state index contributed by atoms with van der Waals surface area (Å²) in [4.78, 5) is 39.8. The molecule has 3 rings (SSSR count). The summed E-state index contributed by atoms with van der Waals surface area (Å²) in [7, 11) is 1.53. The monoisotopic (exact) mass is 478 g/mol. The van der Waals surface area contributed by atoms with Crippen LogP contribution >= 0.6 is 0 Å². The molecule has 0 saturated heterocycles. The molecule has 34 heavy (non-hydrogen) atoms. The first-order valence-electron chi connectivity index (χ1n) is 9.96. The zero-order valence-electron chi connectivity index (χ0n) is 17.9. The number of carbonyl (C=O) groups excluding carboxylic acids is 1. The molecule has 3 aromatic rings. The fourth-order valence-corrected chi connectivity index (χ4v) is 3.17. The van der Waals surface area contributed by atoms with Crippen LogP contribution in [-0.2, 0) is 24.2 Å². The molecule has 0 spiro atoms. The Labute approximate surface area is 190 Å². The van der Waals surface area contributed by atoms with Gasteiger partial charge >= 0.3 is 12.1 Å². The Morgan fingerprint density at radius 3 is 2.44 bits per heavy atom. The van der Waals surface area contributed by atoms with E-state index in [-0.39, 0.29) is 30.0 Å². The smallest absolute Gasteiger partial charge is 0.497 e. The van der Waals surface area contributed by atoms with Crippen LogP contribution in [0.3, 0.4) is 0 Å². The number of hydrogen-bond acceptors (Lipinski definition) is 6. The van der Waals surface area contributed by atoms with Gasteiger partial charge in [-0.05, 0) is 41.8 Å². The van der Waals surface area contributed by atoms with Crippen molar-refractivity contribution in [1.82, 2.24) is 9.55 Å². The number of rotatable bonds is 8. The molecule has 0 saturated carbocycles. The Bertz CT molecular complexity index is 1280. The van der Waals surface area contributed by atoms with Crippen LogP contribution in [0.4, 0.5) is 24.7 Å². The molecule has 0 aliphatic rings. The van der Waals surface area contributed by atoms with Crippen LogP contribution in [0.2, 0.25) is 0 Å². The summed E-state index contributed by atoms with van der Waals surface area (Å²) in [6.45, 7) is 0.0144. The van der Waals surface area contributed by atoms with Crippen LogP contribution < -0.4 is 31.8 Å². The Morgan fingerprint density at radius 2 is 1.79 bits per heavy atom. The number of aryl methyl sites for hydroxylation is 1. The normalized spacial score (nSPS) is 11.2. The summed E-state index contributed by atoms with van der Waals surface area (Å²) in [5.41, 5.74) is 4.89. The van der Waals surface area contributed by atoms with E-state index < -0.39 is 29.3 Å². The van der Waals surface area contributed by atoms with E-state index in [4.69, 9.17) is 10.5 Å². The molecule has 0 aliphatic carbocycles. The number of ether oxygens (including phenoxy) is 2. The fourth-order valence-electron chi connectivity index (χ4n) is 3.17. The van der Waals surface area contributed by atoms with Gasteiger partial charge < -0.3 is 20.5 Å². The third-order valence-corrected chi connectivity index (χ3v) is 4.76. The lowest BCUT2D eigenvalue weighted by atomic mass is 10.1. The molecule has 0 bridgehead atoms. The van der Waals surface area contributed by atoms with Crippen molar-refractivity contribution in [1.29, 1.82) is 0 Å². The zero-order chi connectivity index (χ0) is 24.9. The molecule has 2 aromatic carbocycles. The van der Waals surface area contributed by atoms with Crippen molar-refractivity contribution in [3.05, 3.63) is 80.5 Å². The highest BCUT2D eigenvalue weighted by Crippen LogP contribution is 2.23. The Balaban J connectivity index is 1.74. The number of aromatic amines is 1. The second-order valence-corrected chi connectivity index (χ2v) is 7.19. The van der Waals surface area contributed by atoms with E-state index in [1.807, 2.05) is 0 Å². The van der Waals surface area contributed by atoms with Crippen LogP contribution in [0.1, 0.15) is 11.1 Å². The summed E-state index contributed by atoms with van der Waals surface area (Å²) in [5.74, 6) is -0.881. The first-order valence-corrected chi connectivity index (χ1v) is 9.96. The highest BCUT2D eigenvalue weighted by atomic mass is 19.4. The molecule has 12 heteroatoms. The van der Waals surface area contributed by atoms with E-state index in [1.54, 1.807) is 24.3 Å². The zero-order valence-corrected chi connectivity index (χ0v) is 17.9. The van der Waals surface area contributed by atoms with Crippen molar-refractivity contribution in [3.8, 4) is 11.5 Å². The number of benzene rings is 2. The van der Waals surface area contributed by atoms with Crippen molar-refractivity contribution in [2.24, 2.45) is 0 Å². The standard InChI is InChI=1S/C22H21F3N4O5/c1-33-15-7-5-13(6-8-15)9-10-29-20(31)18(19(26)28-21(29)32)27-17(30)12-14-3-2-4-16(11-14)34-22(23,24)25/h2-8,11H,9-10,12,26H2,1H3,(H,27,30)(H,28,32). The lowest BCUT2D eigenvalue weighted by Gasteiger charge is -2.12. The lowest BCUT2D eigenvalue weighted by molar-refractivity contribution is -0.274. The molecular formula is C22H21F3N4O5. The van der Waals surface area contributed by atoms with Gasteiger partial charge in [0.1, 0.15) is 23.0 Å². The molecule has 9 nitrogen and oxygen atoms in total. The van der Waals surface area contributed by atoms with E-state index in [1.165, 1.54) is 19.2 Å². The first-order chi connectivity index (χ1) is 16.1. The maximum absolute atomic E-state index is 12.8. The van der Waals surface area contributed by atoms with Gasteiger partial charge in [0.2, 0.25) is 5.91 Å². The minimum Gasteiger partial charge on any atom is -0.497 e. The average molecular weight is 478 g/mol. The lowest BCUT2D eigenvalue weighted by Crippen LogP contribution is -2.39. The van der Waals surface area contributed by atoms with Gasteiger partial charge in [0.25, 0.3) is 5.56 Å². The molecule has 1 heterocycles. The van der Waals surface area contributed by atoms with E-state index in [0.29, 0.717) is 12.2 Å². The summed E-state index contributed by atoms with van der Waals surface area (Å²) >= 11 is 0. The minimum atomic E-state index is -4.87. The highest BCUT2D eigenvalue weighted by Gasteiger charge is 2.31. The molecule has 0 radical (unpaired) electrons. The third-order valence-electron chi connectivity index (χ3n) is 4.76. The van der Waals surface area contributed by atoms with Gasteiger partial charge in [0.15, 0.2) is 0 Å². The Morgan fingerprint density at radius 1 is 1.09 bits per heavy atom. The molecule has 0 unspecified atom stereocenters. The molecular weight excluding hydrogens is 457 g/mol. The van der Waals surface area contributed by atoms with Crippen molar-refractivity contribution in [2.45, 2.75) is 25.7 Å². The van der Waals surface area contributed by atoms with Crippen molar-refractivity contribution in [3.63, 3.8) is 0 Å². The van der Waals surface area contributed by atoms with E-state index in [9.17, 15) is 27.6 Å². The van der Waals surface area contributed by atoms with E-state index in [2.05, 4.69) is 15.0 Å². The highest BCUT2D eigenvalue weighted by molar-refractivity contribution is 5.94. The molecule has 0 aliphatic heterocycles. The van der Waals surface area contributed by atoms with Gasteiger partial charge in [-0.3, -0.25) is 19.1 Å². The molecule has 1 aromatic heterocycles. The predicted molar refractivity (Wildman–Crippen MR) is 118 cm³/mol. The number of nitrogens with zero attached hydrogens (tertiary/aromatic N) is 1. The molecule has 0 fully saturated rings. The molecule has 1 amide bonds. The van der Waals surface area contributed by atoms with Gasteiger partial charge in [-0.1, -0.05) is 24.3 Å². The van der Waals surface area contributed by atoms with E-state index in [0.717, 1.165) is 22.3 Å². The van der Waals surface area contributed by atoms with Crippen LogP contribution in [0, 0.1) is 0 Å². The topological polar surface area (TPSA) is 128 Å². The maximum atomic E-state index is 12.8. The summed E-state index contributed by atoms with van der Waals surface area (Å²) in [6.07, 6.45) is -4.89. The summed E-state index contributed by atoms with van der Waals surface area (Å²) in [6, 6.07) is 11.9. The number of amides is 1. The van der Waals surface area contributed by atoms with Crippen molar-refractivity contribution < 1.29 is 27.4 Å². The number of nitrogens with two attached hydrogens (primary N) is 1.